The fraction of sp³-hybridized carbons (Fsp3) is 0.389. The minimum absolute atomic E-state index is 0.201. The third-order valence-corrected chi connectivity index (χ3v) is 3.63. The highest BCUT2D eigenvalue weighted by Gasteiger charge is 2.26. The predicted molar refractivity (Wildman–Crippen MR) is 94.0 cm³/mol. The van der Waals surface area contributed by atoms with Gasteiger partial charge in [0.05, 0.1) is 26.5 Å². The number of aliphatic hydroxyl groups is 1. The lowest BCUT2D eigenvalue weighted by molar-refractivity contribution is 0.0386. The van der Waals surface area contributed by atoms with Crippen LogP contribution in [0.1, 0.15) is 25.2 Å². The Morgan fingerprint density at radius 1 is 1.36 bits per heavy atom. The van der Waals surface area contributed by atoms with E-state index in [1.54, 1.807) is 31.2 Å². The van der Waals surface area contributed by atoms with Crippen molar-refractivity contribution in [1.82, 2.24) is 10.6 Å². The summed E-state index contributed by atoms with van der Waals surface area (Å²) in [5, 5.41) is 16.6. The molecule has 0 saturated carbocycles. The second kappa shape index (κ2) is 8.53. The van der Waals surface area contributed by atoms with Crippen molar-refractivity contribution in [2.45, 2.75) is 26.0 Å². The van der Waals surface area contributed by atoms with Gasteiger partial charge in [0.2, 0.25) is 0 Å². The standard InChI is InChI=1S/C18H24FN3O3/c1-4-20-17(22-12-18(2,23)16-6-5-9-25-16)21-11-13-7-8-15(24-3)14(19)10-13/h5-10,23H,4,11-12H2,1-3H3,(H2,20,21,22). The van der Waals surface area contributed by atoms with Crippen LogP contribution in [0.5, 0.6) is 5.75 Å². The summed E-state index contributed by atoms with van der Waals surface area (Å²) in [6.07, 6.45) is 1.52. The first kappa shape index (κ1) is 18.8. The molecule has 25 heavy (non-hydrogen) atoms. The molecule has 1 atom stereocenters. The number of guanidine groups is 1. The Morgan fingerprint density at radius 2 is 2.16 bits per heavy atom. The number of nitrogens with zero attached hydrogens (tertiary/aromatic N) is 1. The van der Waals surface area contributed by atoms with E-state index in [1.807, 2.05) is 6.92 Å². The number of furan rings is 1. The number of nitrogens with one attached hydrogen (secondary N) is 2. The summed E-state index contributed by atoms with van der Waals surface area (Å²) in [6.45, 7) is 4.75. The molecule has 1 aromatic heterocycles. The number of ether oxygens (including phenoxy) is 1. The van der Waals surface area contributed by atoms with Crippen LogP contribution in [0.25, 0.3) is 0 Å². The molecule has 2 aromatic rings. The van der Waals surface area contributed by atoms with Crippen LogP contribution in [0.15, 0.2) is 46.0 Å². The highest BCUT2D eigenvalue weighted by atomic mass is 19.1. The number of rotatable bonds is 7. The van der Waals surface area contributed by atoms with Gasteiger partial charge in [-0.15, -0.1) is 0 Å². The van der Waals surface area contributed by atoms with E-state index in [0.29, 0.717) is 30.4 Å². The number of benzene rings is 1. The zero-order valence-corrected chi connectivity index (χ0v) is 14.7. The average Bonchev–Trinajstić information content (AvgIpc) is 3.13. The molecular formula is C18H24FN3O3. The minimum atomic E-state index is -1.17. The van der Waals surface area contributed by atoms with E-state index >= 15 is 0 Å². The molecule has 0 saturated heterocycles. The van der Waals surface area contributed by atoms with Gasteiger partial charge in [-0.05, 0) is 43.7 Å². The van der Waals surface area contributed by atoms with Crippen molar-refractivity contribution in [2.24, 2.45) is 4.99 Å². The fourth-order valence-corrected chi connectivity index (χ4v) is 2.25. The zero-order chi connectivity index (χ0) is 18.3. The van der Waals surface area contributed by atoms with Gasteiger partial charge in [-0.3, -0.25) is 0 Å². The van der Waals surface area contributed by atoms with Crippen LogP contribution in [-0.4, -0.2) is 31.3 Å². The first-order valence-corrected chi connectivity index (χ1v) is 8.07. The minimum Gasteiger partial charge on any atom is -0.494 e. The van der Waals surface area contributed by atoms with Gasteiger partial charge in [-0.1, -0.05) is 6.07 Å². The number of hydrogen-bond donors (Lipinski definition) is 3. The normalized spacial score (nSPS) is 14.0. The van der Waals surface area contributed by atoms with E-state index in [9.17, 15) is 9.50 Å². The topological polar surface area (TPSA) is 79.0 Å². The average molecular weight is 349 g/mol. The Labute approximate surface area is 146 Å². The van der Waals surface area contributed by atoms with Crippen molar-refractivity contribution >= 4 is 5.96 Å². The summed E-state index contributed by atoms with van der Waals surface area (Å²) >= 11 is 0. The van der Waals surface area contributed by atoms with Crippen molar-refractivity contribution in [2.75, 3.05) is 20.2 Å². The molecule has 0 aliphatic rings. The highest BCUT2D eigenvalue weighted by molar-refractivity contribution is 5.79. The second-order valence-corrected chi connectivity index (χ2v) is 5.77. The lowest BCUT2D eigenvalue weighted by Crippen LogP contribution is -2.44. The molecule has 1 heterocycles. The fourth-order valence-electron chi connectivity index (χ4n) is 2.25. The van der Waals surface area contributed by atoms with Crippen LogP contribution in [-0.2, 0) is 12.1 Å². The van der Waals surface area contributed by atoms with E-state index in [-0.39, 0.29) is 12.3 Å². The molecule has 136 valence electrons. The molecule has 0 radical (unpaired) electrons. The van der Waals surface area contributed by atoms with Crippen LogP contribution in [0, 0.1) is 5.82 Å². The lowest BCUT2D eigenvalue weighted by Gasteiger charge is -2.22. The van der Waals surface area contributed by atoms with Gasteiger partial charge in [0.25, 0.3) is 0 Å². The van der Waals surface area contributed by atoms with E-state index in [4.69, 9.17) is 9.15 Å². The molecule has 3 N–H and O–H groups in total. The maximum absolute atomic E-state index is 13.7. The van der Waals surface area contributed by atoms with Gasteiger partial charge < -0.3 is 24.9 Å². The first-order valence-electron chi connectivity index (χ1n) is 8.07. The lowest BCUT2D eigenvalue weighted by atomic mass is 10.0. The van der Waals surface area contributed by atoms with E-state index in [0.717, 1.165) is 0 Å². The highest BCUT2D eigenvalue weighted by Crippen LogP contribution is 2.20. The Morgan fingerprint density at radius 3 is 2.76 bits per heavy atom. The van der Waals surface area contributed by atoms with Gasteiger partial charge in [0.15, 0.2) is 17.5 Å². The molecule has 0 aliphatic carbocycles. The molecular weight excluding hydrogens is 325 g/mol. The zero-order valence-electron chi connectivity index (χ0n) is 14.7. The Kier molecular flexibility index (Phi) is 6.41. The molecule has 6 nitrogen and oxygen atoms in total. The second-order valence-electron chi connectivity index (χ2n) is 5.77. The summed E-state index contributed by atoms with van der Waals surface area (Å²) in [5.41, 5.74) is -0.459. The van der Waals surface area contributed by atoms with Crippen LogP contribution in [0.4, 0.5) is 4.39 Å². The van der Waals surface area contributed by atoms with Gasteiger partial charge >= 0.3 is 0 Å². The van der Waals surface area contributed by atoms with Crippen molar-refractivity contribution in [3.8, 4) is 5.75 Å². The maximum Gasteiger partial charge on any atom is 0.191 e. The van der Waals surface area contributed by atoms with Gasteiger partial charge in [-0.25, -0.2) is 9.38 Å². The third-order valence-electron chi connectivity index (χ3n) is 3.63. The van der Waals surface area contributed by atoms with Gasteiger partial charge in [0.1, 0.15) is 11.4 Å². The van der Waals surface area contributed by atoms with Gasteiger partial charge in [-0.2, -0.15) is 0 Å². The van der Waals surface area contributed by atoms with E-state index < -0.39 is 11.4 Å². The molecule has 7 heteroatoms. The third kappa shape index (κ3) is 5.22. The molecule has 0 amide bonds. The van der Waals surface area contributed by atoms with Crippen molar-refractivity contribution in [3.63, 3.8) is 0 Å². The summed E-state index contributed by atoms with van der Waals surface area (Å²) in [7, 11) is 1.42. The molecule has 0 spiro atoms. The van der Waals surface area contributed by atoms with Gasteiger partial charge in [0, 0.05) is 6.54 Å². The maximum atomic E-state index is 13.7. The summed E-state index contributed by atoms with van der Waals surface area (Å²) < 4.78 is 23.9. The number of methoxy groups -OCH3 is 1. The molecule has 0 fully saturated rings. The molecule has 1 aromatic carbocycles. The number of halogens is 1. The van der Waals surface area contributed by atoms with Crippen LogP contribution >= 0.6 is 0 Å². The van der Waals surface area contributed by atoms with Crippen molar-refractivity contribution in [3.05, 3.63) is 53.7 Å². The molecule has 0 aliphatic heterocycles. The summed E-state index contributed by atoms with van der Waals surface area (Å²) in [4.78, 5) is 4.41. The SMILES string of the molecule is CCNC(=NCc1ccc(OC)c(F)c1)NCC(C)(O)c1ccco1. The first-order chi connectivity index (χ1) is 12.0. The van der Waals surface area contributed by atoms with Crippen LogP contribution in [0.3, 0.4) is 0 Å². The van der Waals surface area contributed by atoms with E-state index in [1.165, 1.54) is 19.4 Å². The smallest absolute Gasteiger partial charge is 0.191 e. The monoisotopic (exact) mass is 349 g/mol. The quantitative estimate of drug-likeness (QED) is 0.528. The predicted octanol–water partition coefficient (Wildman–Crippen LogP) is 2.39. The Bertz CT molecular complexity index is 700. The van der Waals surface area contributed by atoms with E-state index in [2.05, 4.69) is 15.6 Å². The summed E-state index contributed by atoms with van der Waals surface area (Å²) in [5.74, 6) is 0.764. The van der Waals surface area contributed by atoms with Crippen LogP contribution in [0.2, 0.25) is 0 Å². The largest absolute Gasteiger partial charge is 0.494 e. The molecule has 1 unspecified atom stereocenters. The Balaban J connectivity index is 2.02. The Hall–Kier alpha value is -2.54. The van der Waals surface area contributed by atoms with Crippen molar-refractivity contribution in [1.29, 1.82) is 0 Å². The summed E-state index contributed by atoms with van der Waals surface area (Å²) in [6, 6.07) is 8.16. The van der Waals surface area contributed by atoms with Crippen LogP contribution < -0.4 is 15.4 Å². The molecule has 2 rings (SSSR count). The molecule has 0 bridgehead atoms. The van der Waals surface area contributed by atoms with Crippen molar-refractivity contribution < 1.29 is 18.7 Å². The number of aliphatic imine (C=N–C) groups is 1. The number of hydrogen-bond acceptors (Lipinski definition) is 4.